The average Bonchev–Trinajstić information content (AvgIpc) is 3.29. The summed E-state index contributed by atoms with van der Waals surface area (Å²) in [6.07, 6.45) is 4.85. The molecule has 0 heterocycles. The Labute approximate surface area is 366 Å². The normalized spacial score (nSPS) is 11.0. The van der Waals surface area contributed by atoms with Crippen LogP contribution in [0.5, 0.6) is 28.7 Å². The van der Waals surface area contributed by atoms with Crippen LogP contribution in [0.3, 0.4) is 0 Å². The Hall–Kier alpha value is -7.30. The molecule has 10 heteroatoms. The number of methoxy groups -OCH3 is 1. The van der Waals surface area contributed by atoms with Gasteiger partial charge in [-0.15, -0.1) is 0 Å². The van der Waals surface area contributed by atoms with Crippen molar-refractivity contribution in [2.45, 2.75) is 65.9 Å². The van der Waals surface area contributed by atoms with E-state index in [0.29, 0.717) is 68.5 Å². The number of rotatable bonds is 16. The van der Waals surface area contributed by atoms with Crippen molar-refractivity contribution in [2.24, 2.45) is 0 Å². The number of aryl methyl sites for hydroxylation is 3. The van der Waals surface area contributed by atoms with Crippen LogP contribution in [-0.4, -0.2) is 36.1 Å². The summed E-state index contributed by atoms with van der Waals surface area (Å²) < 4.78 is 28.5. The van der Waals surface area contributed by atoms with Gasteiger partial charge in [-0.2, -0.15) is 0 Å². The van der Waals surface area contributed by atoms with Gasteiger partial charge >= 0.3 is 23.9 Å². The number of hydrogen-bond donors (Lipinski definition) is 1. The molecule has 0 amide bonds. The van der Waals surface area contributed by atoms with Crippen LogP contribution in [0.4, 0.5) is 0 Å². The molecule has 10 nitrogen and oxygen atoms in total. The van der Waals surface area contributed by atoms with Crippen LogP contribution in [0.1, 0.15) is 104 Å². The fourth-order valence-corrected chi connectivity index (χ4v) is 7.43. The van der Waals surface area contributed by atoms with Gasteiger partial charge in [-0.3, -0.25) is 0 Å². The van der Waals surface area contributed by atoms with Crippen molar-refractivity contribution >= 4 is 45.4 Å². The third-order valence-corrected chi connectivity index (χ3v) is 10.7. The fourth-order valence-electron chi connectivity index (χ4n) is 7.43. The molecule has 63 heavy (non-hydrogen) atoms. The van der Waals surface area contributed by atoms with Crippen molar-refractivity contribution in [3.05, 3.63) is 172 Å². The van der Waals surface area contributed by atoms with Gasteiger partial charge in [-0.1, -0.05) is 76.4 Å². The maximum atomic E-state index is 13.4. The smallest absolute Gasteiger partial charge is 0.343 e. The highest BCUT2D eigenvalue weighted by molar-refractivity contribution is 5.99. The number of carbonyl (C=O) groups is 4. The van der Waals surface area contributed by atoms with E-state index in [9.17, 15) is 24.3 Å². The molecule has 0 bridgehead atoms. The molecule has 7 rings (SSSR count). The molecule has 0 fully saturated rings. The van der Waals surface area contributed by atoms with E-state index in [1.807, 2.05) is 19.1 Å². The molecule has 0 radical (unpaired) electrons. The van der Waals surface area contributed by atoms with Crippen LogP contribution in [0.25, 0.3) is 21.5 Å². The Morgan fingerprint density at radius 1 is 0.397 bits per heavy atom. The summed E-state index contributed by atoms with van der Waals surface area (Å²) in [5, 5.41) is 12.8. The predicted octanol–water partition coefficient (Wildman–Crippen LogP) is 11.2. The first-order chi connectivity index (χ1) is 30.6. The van der Waals surface area contributed by atoms with Crippen molar-refractivity contribution < 1.29 is 48.0 Å². The zero-order valence-electron chi connectivity index (χ0n) is 35.7. The van der Waals surface area contributed by atoms with Gasteiger partial charge in [-0.25, -0.2) is 19.2 Å². The summed E-state index contributed by atoms with van der Waals surface area (Å²) in [4.78, 5) is 52.7. The second kappa shape index (κ2) is 20.0. The first-order valence-electron chi connectivity index (χ1n) is 21.1. The average molecular weight is 845 g/mol. The first kappa shape index (κ1) is 43.8. The van der Waals surface area contributed by atoms with Crippen LogP contribution < -0.4 is 23.7 Å². The van der Waals surface area contributed by atoms with Crippen LogP contribution in [0, 0.1) is 0 Å². The lowest BCUT2D eigenvalue weighted by atomic mass is 10.0. The molecule has 7 aromatic carbocycles. The molecule has 0 aliphatic heterocycles. The third kappa shape index (κ3) is 10.4. The topological polar surface area (TPSA) is 135 Å². The number of aliphatic hydroxyl groups excluding tert-OH is 1. The van der Waals surface area contributed by atoms with E-state index in [2.05, 4.69) is 13.8 Å². The quantitative estimate of drug-likeness (QED) is 0.0740. The maximum absolute atomic E-state index is 13.4. The SMILES string of the molecule is CCCc1ccc(C(=O)Oc2ccc3cc(C(=O)Oc4ccc(OC(=O)c5ccc6cc(OC(=O)c7ccc(CCC)c(OC)c7)ccc6c5)c(CCC)c4)ccc3c2)cc1CO. The van der Waals surface area contributed by atoms with E-state index in [0.717, 1.165) is 64.8 Å². The van der Waals surface area contributed by atoms with Gasteiger partial charge in [0.2, 0.25) is 0 Å². The molecule has 7 aromatic rings. The third-order valence-electron chi connectivity index (χ3n) is 10.7. The number of aliphatic hydroxyl groups is 1. The van der Waals surface area contributed by atoms with Crippen LogP contribution in [0.2, 0.25) is 0 Å². The van der Waals surface area contributed by atoms with E-state index in [4.69, 9.17) is 23.7 Å². The fraction of sp³-hybridized carbons (Fsp3) is 0.208. The number of esters is 4. The van der Waals surface area contributed by atoms with Crippen molar-refractivity contribution in [2.75, 3.05) is 7.11 Å². The van der Waals surface area contributed by atoms with E-state index in [1.165, 1.54) is 0 Å². The van der Waals surface area contributed by atoms with Gasteiger partial charge in [0, 0.05) is 0 Å². The molecule has 0 saturated heterocycles. The van der Waals surface area contributed by atoms with E-state index >= 15 is 0 Å². The number of fused-ring (bicyclic) bond motifs is 2. The molecule has 0 aromatic heterocycles. The number of hydrogen-bond acceptors (Lipinski definition) is 10. The Kier molecular flexibility index (Phi) is 13.9. The number of ether oxygens (including phenoxy) is 5. The Bertz CT molecular complexity index is 2840. The van der Waals surface area contributed by atoms with E-state index in [1.54, 1.807) is 122 Å². The van der Waals surface area contributed by atoms with Crippen LogP contribution >= 0.6 is 0 Å². The standard InChI is InChI=1S/C53H48O10/c1-5-8-33-11-15-42(27-44(33)32-54)51(56)60-45-21-19-35-25-40(17-13-37(35)28-45)50(55)62-47-23-24-48(39(30-47)10-7-3)63-53(58)41-18-14-38-29-46(22-20-36(38)26-41)61-52(57)43-16-12-34(9-6-2)49(31-43)59-4/h11-31,54H,5-10,32H2,1-4H3. The van der Waals surface area contributed by atoms with Crippen molar-refractivity contribution in [3.63, 3.8) is 0 Å². The van der Waals surface area contributed by atoms with Gasteiger partial charge in [0.25, 0.3) is 0 Å². The molecule has 320 valence electrons. The lowest BCUT2D eigenvalue weighted by Gasteiger charge is -2.13. The molecule has 0 unspecified atom stereocenters. The highest BCUT2D eigenvalue weighted by Gasteiger charge is 2.18. The molecular weight excluding hydrogens is 797 g/mol. The molecular formula is C53H48O10. The molecule has 0 atom stereocenters. The summed E-state index contributed by atoms with van der Waals surface area (Å²) in [5.41, 5.74) is 4.81. The second-order valence-electron chi connectivity index (χ2n) is 15.2. The Morgan fingerprint density at radius 2 is 0.810 bits per heavy atom. The van der Waals surface area contributed by atoms with Gasteiger partial charge < -0.3 is 28.8 Å². The Balaban J connectivity index is 0.984. The summed E-state index contributed by atoms with van der Waals surface area (Å²) in [5.74, 6) is -0.157. The first-order valence-corrected chi connectivity index (χ1v) is 21.1. The molecule has 0 spiro atoms. The number of carbonyl (C=O) groups excluding carboxylic acids is 4. The van der Waals surface area contributed by atoms with Crippen LogP contribution in [-0.2, 0) is 25.9 Å². The van der Waals surface area contributed by atoms with Gasteiger partial charge in [0.05, 0.1) is 36.0 Å². The minimum atomic E-state index is -0.568. The molecule has 0 aliphatic rings. The predicted molar refractivity (Wildman–Crippen MR) is 242 cm³/mol. The van der Waals surface area contributed by atoms with Gasteiger partial charge in [0.1, 0.15) is 28.7 Å². The highest BCUT2D eigenvalue weighted by Crippen LogP contribution is 2.30. The second-order valence-corrected chi connectivity index (χ2v) is 15.2. The minimum absolute atomic E-state index is 0.162. The molecule has 0 aliphatic carbocycles. The highest BCUT2D eigenvalue weighted by atomic mass is 16.5. The van der Waals surface area contributed by atoms with Gasteiger partial charge in [-0.05, 0) is 154 Å². The monoisotopic (exact) mass is 844 g/mol. The van der Waals surface area contributed by atoms with E-state index in [-0.39, 0.29) is 6.61 Å². The largest absolute Gasteiger partial charge is 0.496 e. The van der Waals surface area contributed by atoms with E-state index < -0.39 is 23.9 Å². The summed E-state index contributed by atoms with van der Waals surface area (Å²) in [6, 6.07) is 36.0. The maximum Gasteiger partial charge on any atom is 0.343 e. The lowest BCUT2D eigenvalue weighted by molar-refractivity contribution is 0.0718. The zero-order valence-corrected chi connectivity index (χ0v) is 35.7. The summed E-state index contributed by atoms with van der Waals surface area (Å²) >= 11 is 0. The van der Waals surface area contributed by atoms with Crippen molar-refractivity contribution in [1.29, 1.82) is 0 Å². The zero-order chi connectivity index (χ0) is 44.5. The van der Waals surface area contributed by atoms with Gasteiger partial charge in [0.15, 0.2) is 0 Å². The number of benzene rings is 7. The van der Waals surface area contributed by atoms with Crippen LogP contribution in [0.15, 0.2) is 127 Å². The summed E-state index contributed by atoms with van der Waals surface area (Å²) in [6.45, 7) is 5.97. The lowest BCUT2D eigenvalue weighted by Crippen LogP contribution is -2.11. The van der Waals surface area contributed by atoms with Crippen molar-refractivity contribution in [3.8, 4) is 28.7 Å². The van der Waals surface area contributed by atoms with Crippen molar-refractivity contribution in [1.82, 2.24) is 0 Å². The molecule has 0 saturated carbocycles. The molecule has 1 N–H and O–H groups in total. The summed E-state index contributed by atoms with van der Waals surface area (Å²) in [7, 11) is 1.58. The Morgan fingerprint density at radius 3 is 1.35 bits per heavy atom. The minimum Gasteiger partial charge on any atom is -0.496 e.